The van der Waals surface area contributed by atoms with Gasteiger partial charge in [0.2, 0.25) is 5.91 Å². The summed E-state index contributed by atoms with van der Waals surface area (Å²) in [6.45, 7) is 5.05. The summed E-state index contributed by atoms with van der Waals surface area (Å²) in [7, 11) is 0. The van der Waals surface area contributed by atoms with Crippen LogP contribution in [0.1, 0.15) is 68.6 Å². The molecule has 2 aliphatic heterocycles. The molecule has 184 valence electrons. The molecule has 1 aromatic carbocycles. The zero-order valence-corrected chi connectivity index (χ0v) is 20.0. The van der Waals surface area contributed by atoms with E-state index in [4.69, 9.17) is 5.73 Å². The molecular weight excluding hydrogens is 434 g/mol. The minimum Gasteiger partial charge on any atom is -0.368 e. The number of aromatic nitrogens is 2. The molecule has 0 saturated carbocycles. The van der Waals surface area contributed by atoms with Crippen LogP contribution < -0.4 is 17.0 Å². The Kier molecular flexibility index (Phi) is 7.21. The fourth-order valence-electron chi connectivity index (χ4n) is 5.41. The first kappa shape index (κ1) is 24.2. The Morgan fingerprint density at radius 1 is 1.03 bits per heavy atom. The lowest BCUT2D eigenvalue weighted by atomic mass is 9.83. The molecule has 9 heteroatoms. The highest BCUT2D eigenvalue weighted by molar-refractivity contribution is 5.98. The first-order chi connectivity index (χ1) is 16.4. The number of primary amides is 1. The third-order valence-corrected chi connectivity index (χ3v) is 7.51. The zero-order valence-electron chi connectivity index (χ0n) is 20.0. The number of amides is 2. The van der Waals surface area contributed by atoms with Crippen molar-refractivity contribution >= 4 is 22.7 Å². The van der Waals surface area contributed by atoms with Crippen molar-refractivity contribution in [3.63, 3.8) is 0 Å². The number of hydrogen-bond donors (Lipinski definition) is 2. The number of carbonyl (C=O) groups is 2. The molecule has 0 unspecified atom stereocenters. The maximum Gasteiger partial charge on any atom is 0.328 e. The molecule has 2 amide bonds. The topological polar surface area (TPSA) is 122 Å². The van der Waals surface area contributed by atoms with Gasteiger partial charge in [-0.15, -0.1) is 0 Å². The van der Waals surface area contributed by atoms with E-state index in [1.54, 1.807) is 23.1 Å². The fourth-order valence-corrected chi connectivity index (χ4v) is 5.41. The van der Waals surface area contributed by atoms with Gasteiger partial charge in [0.15, 0.2) is 0 Å². The van der Waals surface area contributed by atoms with Gasteiger partial charge in [-0.3, -0.25) is 23.9 Å². The Hall–Kier alpha value is -2.94. The molecule has 3 heterocycles. The number of hydrogen-bond acceptors (Lipinski definition) is 5. The van der Waals surface area contributed by atoms with E-state index in [1.165, 1.54) is 11.0 Å². The van der Waals surface area contributed by atoms with Crippen molar-refractivity contribution in [3.05, 3.63) is 44.6 Å². The highest BCUT2D eigenvalue weighted by Gasteiger charge is 2.45. The highest BCUT2D eigenvalue weighted by atomic mass is 16.2. The van der Waals surface area contributed by atoms with E-state index in [-0.39, 0.29) is 17.4 Å². The van der Waals surface area contributed by atoms with Gasteiger partial charge < -0.3 is 15.6 Å². The van der Waals surface area contributed by atoms with E-state index >= 15 is 0 Å². The van der Waals surface area contributed by atoms with Gasteiger partial charge in [-0.2, -0.15) is 0 Å². The molecule has 0 radical (unpaired) electrons. The van der Waals surface area contributed by atoms with Gasteiger partial charge >= 0.3 is 5.69 Å². The van der Waals surface area contributed by atoms with E-state index in [9.17, 15) is 19.2 Å². The Balaban J connectivity index is 1.52. The van der Waals surface area contributed by atoms with E-state index in [0.29, 0.717) is 48.9 Å². The van der Waals surface area contributed by atoms with E-state index in [1.807, 2.05) is 0 Å². The SMILES string of the molecule is CCCCCn1c(=O)[nH]c2cc(C(=O)N3CCC(C(N)=O)(N4CCCCC4)CC3)ccc2c1=O. The Labute approximate surface area is 198 Å². The van der Waals surface area contributed by atoms with Gasteiger partial charge in [-0.25, -0.2) is 4.79 Å². The Bertz CT molecular complexity index is 1170. The Morgan fingerprint density at radius 3 is 2.38 bits per heavy atom. The molecule has 0 aliphatic carbocycles. The quantitative estimate of drug-likeness (QED) is 0.599. The second kappa shape index (κ2) is 10.1. The van der Waals surface area contributed by atoms with Crippen LogP contribution in [0.4, 0.5) is 0 Å². The first-order valence-corrected chi connectivity index (χ1v) is 12.5. The van der Waals surface area contributed by atoms with Gasteiger partial charge in [-0.05, 0) is 63.4 Å². The van der Waals surface area contributed by atoms with Crippen molar-refractivity contribution in [2.24, 2.45) is 5.73 Å². The summed E-state index contributed by atoms with van der Waals surface area (Å²) in [5.41, 5.74) is 5.16. The number of nitrogens with zero attached hydrogens (tertiary/aromatic N) is 3. The van der Waals surface area contributed by atoms with Crippen molar-refractivity contribution < 1.29 is 9.59 Å². The predicted molar refractivity (Wildman–Crippen MR) is 131 cm³/mol. The van der Waals surface area contributed by atoms with E-state index < -0.39 is 11.2 Å². The van der Waals surface area contributed by atoms with Gasteiger partial charge in [0, 0.05) is 25.2 Å². The zero-order chi connectivity index (χ0) is 24.3. The number of carbonyl (C=O) groups excluding carboxylic acids is 2. The molecule has 3 N–H and O–H groups in total. The molecule has 2 aromatic rings. The normalized spacial score (nSPS) is 18.8. The molecule has 0 atom stereocenters. The van der Waals surface area contributed by atoms with Crippen molar-refractivity contribution in [2.75, 3.05) is 26.2 Å². The molecule has 0 bridgehead atoms. The minimum absolute atomic E-state index is 0.174. The summed E-state index contributed by atoms with van der Waals surface area (Å²) in [6, 6.07) is 4.83. The van der Waals surface area contributed by atoms with Crippen molar-refractivity contribution in [1.82, 2.24) is 19.4 Å². The van der Waals surface area contributed by atoms with Crippen LogP contribution in [0.15, 0.2) is 27.8 Å². The van der Waals surface area contributed by atoms with Gasteiger partial charge in [0.25, 0.3) is 11.5 Å². The average Bonchev–Trinajstić information content (AvgIpc) is 2.85. The van der Waals surface area contributed by atoms with Crippen molar-refractivity contribution in [3.8, 4) is 0 Å². The molecule has 1 aromatic heterocycles. The molecular formula is C25H35N5O4. The maximum absolute atomic E-state index is 13.2. The molecule has 2 fully saturated rings. The highest BCUT2D eigenvalue weighted by Crippen LogP contribution is 2.32. The average molecular weight is 470 g/mol. The smallest absolute Gasteiger partial charge is 0.328 e. The van der Waals surface area contributed by atoms with Crippen molar-refractivity contribution in [2.45, 2.75) is 70.4 Å². The van der Waals surface area contributed by atoms with E-state index in [2.05, 4.69) is 16.8 Å². The molecule has 9 nitrogen and oxygen atoms in total. The first-order valence-electron chi connectivity index (χ1n) is 12.5. The van der Waals surface area contributed by atoms with Crippen LogP contribution in [0.2, 0.25) is 0 Å². The summed E-state index contributed by atoms with van der Waals surface area (Å²) in [5, 5.41) is 0.393. The Morgan fingerprint density at radius 2 is 1.74 bits per heavy atom. The summed E-state index contributed by atoms with van der Waals surface area (Å²) < 4.78 is 1.23. The molecule has 2 aliphatic rings. The van der Waals surface area contributed by atoms with Crippen LogP contribution >= 0.6 is 0 Å². The second-order valence-electron chi connectivity index (χ2n) is 9.59. The van der Waals surface area contributed by atoms with Gasteiger partial charge in [0.1, 0.15) is 5.54 Å². The third kappa shape index (κ3) is 4.53. The molecule has 4 rings (SSSR count). The lowest BCUT2D eigenvalue weighted by Crippen LogP contribution is -2.63. The predicted octanol–water partition coefficient (Wildman–Crippen LogP) is 1.83. The summed E-state index contributed by atoms with van der Waals surface area (Å²) in [4.78, 5) is 57.7. The standard InChI is InChI=1S/C25H35N5O4/c1-2-3-5-14-30-22(32)19-9-8-18(17-20(19)27-24(30)34)21(31)28-15-10-25(11-16-28,23(26)33)29-12-6-4-7-13-29/h8-9,17H,2-7,10-16H2,1H3,(H2,26,33)(H,27,34). The van der Waals surface area contributed by atoms with Crippen LogP contribution in [0, 0.1) is 0 Å². The minimum atomic E-state index is -0.686. The molecule has 34 heavy (non-hydrogen) atoms. The monoisotopic (exact) mass is 469 g/mol. The lowest BCUT2D eigenvalue weighted by Gasteiger charge is -2.48. The molecule has 0 spiro atoms. The number of piperidine rings is 2. The van der Waals surface area contributed by atoms with Crippen LogP contribution in [0.3, 0.4) is 0 Å². The largest absolute Gasteiger partial charge is 0.368 e. The van der Waals surface area contributed by atoms with E-state index in [0.717, 1.165) is 45.2 Å². The number of likely N-dealkylation sites (tertiary alicyclic amines) is 2. The van der Waals surface area contributed by atoms with Crippen LogP contribution in [-0.2, 0) is 11.3 Å². The number of nitrogens with two attached hydrogens (primary N) is 1. The number of aromatic amines is 1. The summed E-state index contributed by atoms with van der Waals surface area (Å²) in [6.07, 6.45) is 7.04. The maximum atomic E-state index is 13.2. The van der Waals surface area contributed by atoms with Crippen LogP contribution in [0.25, 0.3) is 10.9 Å². The third-order valence-electron chi connectivity index (χ3n) is 7.51. The lowest BCUT2D eigenvalue weighted by molar-refractivity contribution is -0.134. The van der Waals surface area contributed by atoms with Crippen molar-refractivity contribution in [1.29, 1.82) is 0 Å². The number of nitrogens with one attached hydrogen (secondary N) is 1. The molecule has 2 saturated heterocycles. The van der Waals surface area contributed by atoms with Crippen LogP contribution in [0.5, 0.6) is 0 Å². The summed E-state index contributed by atoms with van der Waals surface area (Å²) >= 11 is 0. The number of fused-ring (bicyclic) bond motifs is 1. The number of rotatable bonds is 7. The number of benzene rings is 1. The summed E-state index contributed by atoms with van der Waals surface area (Å²) in [5.74, 6) is -0.480. The number of H-pyrrole nitrogens is 1. The van der Waals surface area contributed by atoms with Gasteiger partial charge in [0.05, 0.1) is 10.9 Å². The number of unbranched alkanes of at least 4 members (excludes halogenated alkanes) is 2. The second-order valence-corrected chi connectivity index (χ2v) is 9.59. The van der Waals surface area contributed by atoms with Crippen LogP contribution in [-0.4, -0.2) is 62.9 Å². The fraction of sp³-hybridized carbons (Fsp3) is 0.600. The van der Waals surface area contributed by atoms with Gasteiger partial charge in [-0.1, -0.05) is 26.2 Å².